The lowest BCUT2D eigenvalue weighted by atomic mass is 10.2. The molecule has 19 heavy (non-hydrogen) atoms. The number of pyridine rings is 1. The highest BCUT2D eigenvalue weighted by atomic mass is 79.9. The minimum absolute atomic E-state index is 0.111. The summed E-state index contributed by atoms with van der Waals surface area (Å²) in [5, 5.41) is 0. The molecule has 96 valence electrons. The van der Waals surface area contributed by atoms with Crippen molar-refractivity contribution in [1.29, 1.82) is 0 Å². The van der Waals surface area contributed by atoms with E-state index in [2.05, 4.69) is 20.9 Å². The third kappa shape index (κ3) is 2.38. The molecule has 3 rings (SSSR count). The van der Waals surface area contributed by atoms with E-state index in [9.17, 15) is 9.18 Å². The second kappa shape index (κ2) is 4.74. The average molecular weight is 321 g/mol. The molecular weight excluding hydrogens is 311 g/mol. The van der Waals surface area contributed by atoms with Crippen LogP contribution >= 0.6 is 15.9 Å². The van der Waals surface area contributed by atoms with Gasteiger partial charge in [0.15, 0.2) is 0 Å². The van der Waals surface area contributed by atoms with Crippen molar-refractivity contribution in [3.63, 3.8) is 0 Å². The molecule has 1 amide bonds. The maximum atomic E-state index is 13.1. The molecule has 0 saturated heterocycles. The normalized spacial score (nSPS) is 13.8. The number of nitrogens with zero attached hydrogens (tertiary/aromatic N) is 2. The van der Waals surface area contributed by atoms with Gasteiger partial charge in [-0.3, -0.25) is 4.79 Å². The van der Waals surface area contributed by atoms with Crippen molar-refractivity contribution in [3.8, 4) is 0 Å². The summed E-state index contributed by atoms with van der Waals surface area (Å²) < 4.78 is 13.8. The number of carbonyl (C=O) groups is 1. The quantitative estimate of drug-likeness (QED) is 0.796. The van der Waals surface area contributed by atoms with Crippen LogP contribution in [-0.2, 0) is 13.1 Å². The van der Waals surface area contributed by atoms with Crippen LogP contribution in [0.5, 0.6) is 0 Å². The fourth-order valence-electron chi connectivity index (χ4n) is 2.19. The molecule has 0 aliphatic carbocycles. The molecule has 0 fully saturated rings. The Labute approximate surface area is 118 Å². The molecule has 3 nitrogen and oxygen atoms in total. The van der Waals surface area contributed by atoms with Crippen molar-refractivity contribution in [2.45, 2.75) is 13.1 Å². The summed E-state index contributed by atoms with van der Waals surface area (Å²) in [4.78, 5) is 18.0. The number of halogens is 2. The van der Waals surface area contributed by atoms with Crippen molar-refractivity contribution < 1.29 is 9.18 Å². The number of rotatable bonds is 2. The highest BCUT2D eigenvalue weighted by Gasteiger charge is 2.28. The van der Waals surface area contributed by atoms with E-state index in [4.69, 9.17) is 0 Å². The van der Waals surface area contributed by atoms with Gasteiger partial charge in [-0.2, -0.15) is 0 Å². The third-order valence-electron chi connectivity index (χ3n) is 3.06. The Morgan fingerprint density at radius 2 is 2.16 bits per heavy atom. The van der Waals surface area contributed by atoms with Gasteiger partial charge in [-0.05, 0) is 39.7 Å². The third-order valence-corrected chi connectivity index (χ3v) is 3.50. The van der Waals surface area contributed by atoms with E-state index < -0.39 is 0 Å². The molecule has 0 bridgehead atoms. The second-order valence-corrected chi connectivity index (χ2v) is 5.25. The van der Waals surface area contributed by atoms with Gasteiger partial charge in [0.1, 0.15) is 16.1 Å². The molecule has 0 unspecified atom stereocenters. The van der Waals surface area contributed by atoms with Gasteiger partial charge in [-0.25, -0.2) is 9.37 Å². The molecule has 0 N–H and O–H groups in total. The largest absolute Gasteiger partial charge is 0.329 e. The highest BCUT2D eigenvalue weighted by Crippen LogP contribution is 2.24. The summed E-state index contributed by atoms with van der Waals surface area (Å²) in [6.45, 7) is 0.912. The summed E-state index contributed by atoms with van der Waals surface area (Å²) in [5.74, 6) is -0.400. The lowest BCUT2D eigenvalue weighted by Crippen LogP contribution is -2.23. The van der Waals surface area contributed by atoms with Crippen molar-refractivity contribution in [2.75, 3.05) is 0 Å². The van der Waals surface area contributed by atoms with E-state index in [0.717, 1.165) is 11.1 Å². The first-order valence-electron chi connectivity index (χ1n) is 5.82. The highest BCUT2D eigenvalue weighted by molar-refractivity contribution is 9.10. The predicted octanol–water partition coefficient (Wildman–Crippen LogP) is 3.14. The number of amides is 1. The lowest BCUT2D eigenvalue weighted by Gasteiger charge is -2.15. The lowest BCUT2D eigenvalue weighted by molar-refractivity contribution is 0.0762. The van der Waals surface area contributed by atoms with E-state index >= 15 is 0 Å². The predicted molar refractivity (Wildman–Crippen MR) is 71.9 cm³/mol. The second-order valence-electron chi connectivity index (χ2n) is 4.43. The van der Waals surface area contributed by atoms with E-state index in [0.29, 0.717) is 23.4 Å². The first-order chi connectivity index (χ1) is 9.13. The van der Waals surface area contributed by atoms with Crippen LogP contribution in [0.15, 0.2) is 41.0 Å². The van der Waals surface area contributed by atoms with Crippen molar-refractivity contribution in [1.82, 2.24) is 9.88 Å². The Morgan fingerprint density at radius 3 is 2.95 bits per heavy atom. The average Bonchev–Trinajstić information content (AvgIpc) is 2.67. The molecule has 0 saturated carbocycles. The Hall–Kier alpha value is -1.75. The SMILES string of the molecule is O=C1c2nc(Br)ccc2CN1Cc1cccc(F)c1. The minimum Gasteiger partial charge on any atom is -0.329 e. The van der Waals surface area contributed by atoms with Crippen LogP contribution < -0.4 is 0 Å². The zero-order valence-corrected chi connectivity index (χ0v) is 11.5. The first-order valence-corrected chi connectivity index (χ1v) is 6.62. The number of benzene rings is 1. The fraction of sp³-hybridized carbons (Fsp3) is 0.143. The minimum atomic E-state index is -0.289. The zero-order valence-electron chi connectivity index (χ0n) is 9.94. The van der Waals surface area contributed by atoms with E-state index in [-0.39, 0.29) is 11.7 Å². The van der Waals surface area contributed by atoms with Crippen molar-refractivity contribution in [2.24, 2.45) is 0 Å². The molecule has 0 radical (unpaired) electrons. The van der Waals surface area contributed by atoms with Crippen molar-refractivity contribution in [3.05, 3.63) is 63.6 Å². The van der Waals surface area contributed by atoms with Gasteiger partial charge in [0.2, 0.25) is 0 Å². The Kier molecular flexibility index (Phi) is 3.06. The van der Waals surface area contributed by atoms with Crippen molar-refractivity contribution >= 4 is 21.8 Å². The Balaban J connectivity index is 1.84. The van der Waals surface area contributed by atoms with Gasteiger partial charge in [0, 0.05) is 18.7 Å². The van der Waals surface area contributed by atoms with Crippen LogP contribution in [0.3, 0.4) is 0 Å². The molecule has 1 aliphatic heterocycles. The maximum absolute atomic E-state index is 13.1. The van der Waals surface area contributed by atoms with Crippen LogP contribution in [0.25, 0.3) is 0 Å². The Morgan fingerprint density at radius 1 is 1.32 bits per heavy atom. The molecule has 0 spiro atoms. The van der Waals surface area contributed by atoms with Gasteiger partial charge in [0.05, 0.1) is 0 Å². The molecule has 1 aromatic carbocycles. The standard InChI is InChI=1S/C14H10BrFN2O/c15-12-5-4-10-8-18(14(19)13(10)17-12)7-9-2-1-3-11(16)6-9/h1-6H,7-8H2. The van der Waals surface area contributed by atoms with E-state index in [1.807, 2.05) is 18.2 Å². The molecule has 1 aliphatic rings. The summed E-state index contributed by atoms with van der Waals surface area (Å²) in [5.41, 5.74) is 2.16. The molecule has 0 atom stereocenters. The summed E-state index contributed by atoms with van der Waals surface area (Å²) in [7, 11) is 0. The molecular formula is C14H10BrFN2O. The number of fused-ring (bicyclic) bond motifs is 1. The van der Waals surface area contributed by atoms with Gasteiger partial charge in [-0.1, -0.05) is 18.2 Å². The van der Waals surface area contributed by atoms with Crippen LogP contribution in [0, 0.1) is 5.82 Å². The smallest absolute Gasteiger partial charge is 0.273 e. The van der Waals surface area contributed by atoms with E-state index in [1.54, 1.807) is 11.0 Å². The van der Waals surface area contributed by atoms with E-state index in [1.165, 1.54) is 12.1 Å². The molecule has 2 heterocycles. The molecule has 2 aromatic rings. The summed E-state index contributed by atoms with van der Waals surface area (Å²) in [6.07, 6.45) is 0. The number of aromatic nitrogens is 1. The van der Waals surface area contributed by atoms with Crippen LogP contribution in [-0.4, -0.2) is 15.8 Å². The molecule has 5 heteroatoms. The van der Waals surface area contributed by atoms with Gasteiger partial charge < -0.3 is 4.90 Å². The van der Waals surface area contributed by atoms with Gasteiger partial charge >= 0.3 is 0 Å². The molecule has 1 aromatic heterocycles. The van der Waals surface area contributed by atoms with Crippen LogP contribution in [0.2, 0.25) is 0 Å². The number of hydrogen-bond acceptors (Lipinski definition) is 2. The maximum Gasteiger partial charge on any atom is 0.273 e. The zero-order chi connectivity index (χ0) is 13.4. The topological polar surface area (TPSA) is 33.2 Å². The van der Waals surface area contributed by atoms with Gasteiger partial charge in [-0.15, -0.1) is 0 Å². The van der Waals surface area contributed by atoms with Gasteiger partial charge in [0.25, 0.3) is 5.91 Å². The first kappa shape index (κ1) is 12.3. The number of hydrogen-bond donors (Lipinski definition) is 0. The summed E-state index contributed by atoms with van der Waals surface area (Å²) in [6, 6.07) is 9.99. The number of carbonyl (C=O) groups excluding carboxylic acids is 1. The Bertz CT molecular complexity index is 660. The fourth-order valence-corrected chi connectivity index (χ4v) is 2.50. The summed E-state index contributed by atoms with van der Waals surface area (Å²) >= 11 is 3.26. The van der Waals surface area contributed by atoms with Crippen LogP contribution in [0.1, 0.15) is 21.6 Å². The van der Waals surface area contributed by atoms with Crippen LogP contribution in [0.4, 0.5) is 4.39 Å². The monoisotopic (exact) mass is 320 g/mol.